The first-order chi connectivity index (χ1) is 5.99. The topological polar surface area (TPSA) is 46.2 Å². The Bertz CT molecular complexity index is 165. The van der Waals surface area contributed by atoms with Gasteiger partial charge in [0, 0.05) is 6.42 Å². The molecule has 4 heteroatoms. The normalized spacial score (nSPS) is 13.8. The van der Waals surface area contributed by atoms with Gasteiger partial charge >= 0.3 is 0 Å². The van der Waals surface area contributed by atoms with Gasteiger partial charge in [-0.1, -0.05) is 19.6 Å². The van der Waals surface area contributed by atoms with E-state index >= 15 is 0 Å². The van der Waals surface area contributed by atoms with Crippen LogP contribution in [0.5, 0.6) is 0 Å². The molecule has 0 aromatic heterocycles. The lowest BCUT2D eigenvalue weighted by atomic mass is 10.1. The fourth-order valence-corrected chi connectivity index (χ4v) is 2.31. The van der Waals surface area contributed by atoms with Crippen LogP contribution in [0.1, 0.15) is 19.3 Å². The second-order valence-electron chi connectivity index (χ2n) is 4.10. The third-order valence-corrected chi connectivity index (χ3v) is 2.74. The lowest BCUT2D eigenvalue weighted by Gasteiger charge is -2.22. The van der Waals surface area contributed by atoms with Gasteiger partial charge in [-0.2, -0.15) is 0 Å². The third kappa shape index (κ3) is 7.86. The summed E-state index contributed by atoms with van der Waals surface area (Å²) in [7, 11) is -1.41. The Morgan fingerprint density at radius 1 is 1.31 bits per heavy atom. The Labute approximate surface area is 81.0 Å². The van der Waals surface area contributed by atoms with E-state index in [1.807, 2.05) is 12.6 Å². The molecule has 0 fully saturated rings. The van der Waals surface area contributed by atoms with E-state index in [4.69, 9.17) is 0 Å². The lowest BCUT2D eigenvalue weighted by molar-refractivity contribution is 0.517. The zero-order valence-corrected chi connectivity index (χ0v) is 9.52. The molecule has 1 unspecified atom stereocenters. The van der Waals surface area contributed by atoms with Crippen LogP contribution in [0.2, 0.25) is 19.6 Å². The number of hydrogen-bond acceptors (Lipinski definition) is 3. The van der Waals surface area contributed by atoms with Crippen molar-refractivity contribution in [3.05, 3.63) is 0 Å². The Morgan fingerprint density at radius 2 is 1.92 bits per heavy atom. The smallest absolute Gasteiger partial charge is 0.216 e. The second-order valence-corrected chi connectivity index (χ2v) is 8.89. The van der Waals surface area contributed by atoms with Crippen molar-refractivity contribution in [2.24, 2.45) is 0 Å². The van der Waals surface area contributed by atoms with Crippen LogP contribution < -0.4 is 4.98 Å². The van der Waals surface area contributed by atoms with Crippen LogP contribution >= 0.6 is 0 Å². The summed E-state index contributed by atoms with van der Waals surface area (Å²) in [5.74, 6) is 0. The van der Waals surface area contributed by atoms with E-state index in [1.165, 1.54) is 0 Å². The van der Waals surface area contributed by atoms with Gasteiger partial charge in [0.2, 0.25) is 6.29 Å². The van der Waals surface area contributed by atoms with Crippen LogP contribution in [0, 0.1) is 0 Å². The van der Waals surface area contributed by atoms with Gasteiger partial charge in [0.1, 0.15) is 8.24 Å². The Kier molecular flexibility index (Phi) is 5.82. The zero-order chi connectivity index (χ0) is 10.3. The van der Waals surface area contributed by atoms with Crippen molar-refractivity contribution < 1.29 is 9.59 Å². The highest BCUT2D eigenvalue weighted by Gasteiger charge is 2.18. The molecule has 2 radical (unpaired) electrons. The molecular weight excluding hydrogens is 182 g/mol. The highest BCUT2D eigenvalue weighted by atomic mass is 28.3. The molecule has 0 spiro atoms. The predicted octanol–water partition coefficient (Wildman–Crippen LogP) is 1.17. The van der Waals surface area contributed by atoms with Gasteiger partial charge in [-0.3, -0.25) is 9.59 Å². The van der Waals surface area contributed by atoms with Crippen molar-refractivity contribution in [2.45, 2.75) is 44.9 Å². The molecule has 0 saturated heterocycles. The van der Waals surface area contributed by atoms with Crippen LogP contribution in [0.25, 0.3) is 0 Å². The summed E-state index contributed by atoms with van der Waals surface area (Å²) < 4.78 is 0. The predicted molar refractivity (Wildman–Crippen MR) is 55.5 cm³/mol. The van der Waals surface area contributed by atoms with E-state index < -0.39 is 8.24 Å². The summed E-state index contributed by atoms with van der Waals surface area (Å²) in [5, 5.41) is 0. The fraction of sp³-hybridized carbons (Fsp3) is 0.778. The maximum Gasteiger partial charge on any atom is 0.216 e. The minimum Gasteiger partial charge on any atom is -0.328 e. The van der Waals surface area contributed by atoms with Crippen LogP contribution in [0.4, 0.5) is 0 Å². The van der Waals surface area contributed by atoms with Crippen molar-refractivity contribution in [3.63, 3.8) is 0 Å². The molecule has 1 N–H and O–H groups in total. The van der Waals surface area contributed by atoms with E-state index in [2.05, 4.69) is 24.6 Å². The number of hydrogen-bond donors (Lipinski definition) is 1. The van der Waals surface area contributed by atoms with E-state index in [1.54, 1.807) is 0 Å². The molecule has 0 bridgehead atoms. The Morgan fingerprint density at radius 3 is 2.31 bits per heavy atom. The quantitative estimate of drug-likeness (QED) is 0.494. The first-order valence-corrected chi connectivity index (χ1v) is 8.00. The van der Waals surface area contributed by atoms with Crippen molar-refractivity contribution in [1.82, 2.24) is 4.98 Å². The zero-order valence-electron chi connectivity index (χ0n) is 8.52. The minimum atomic E-state index is -1.41. The average Bonchev–Trinajstić information content (AvgIpc) is 2.01. The molecule has 0 heterocycles. The van der Waals surface area contributed by atoms with Crippen LogP contribution in [0.15, 0.2) is 0 Å². The maximum absolute atomic E-state index is 10.5. The van der Waals surface area contributed by atoms with E-state index in [9.17, 15) is 9.59 Å². The van der Waals surface area contributed by atoms with Gasteiger partial charge in [0.25, 0.3) is 0 Å². The third-order valence-electron chi connectivity index (χ3n) is 1.52. The molecule has 0 aromatic rings. The molecule has 0 amide bonds. The summed E-state index contributed by atoms with van der Waals surface area (Å²) in [6.45, 7) is 6.38. The van der Waals surface area contributed by atoms with E-state index in [0.717, 1.165) is 0 Å². The minimum absolute atomic E-state index is 0.208. The highest BCUT2D eigenvalue weighted by molar-refractivity contribution is 6.73. The molecule has 74 valence electrons. The van der Waals surface area contributed by atoms with Crippen LogP contribution in [-0.2, 0) is 9.59 Å². The average molecular weight is 199 g/mol. The summed E-state index contributed by atoms with van der Waals surface area (Å²) in [6.07, 6.45) is 5.58. The number of unbranched alkanes of at least 4 members (excludes halogenated alkanes) is 1. The molecule has 0 rings (SSSR count). The summed E-state index contributed by atoms with van der Waals surface area (Å²) in [6, 6.07) is -0.208. The van der Waals surface area contributed by atoms with Gasteiger partial charge in [0.15, 0.2) is 6.29 Å². The molecule has 13 heavy (non-hydrogen) atoms. The van der Waals surface area contributed by atoms with Crippen molar-refractivity contribution in [2.75, 3.05) is 0 Å². The van der Waals surface area contributed by atoms with E-state index in [0.29, 0.717) is 19.3 Å². The van der Waals surface area contributed by atoms with Crippen molar-refractivity contribution in [3.8, 4) is 0 Å². The summed E-state index contributed by atoms with van der Waals surface area (Å²) >= 11 is 0. The fourth-order valence-electron chi connectivity index (χ4n) is 1.06. The Hall–Kier alpha value is -0.483. The summed E-state index contributed by atoms with van der Waals surface area (Å²) in [5.41, 5.74) is 0. The molecule has 1 atom stereocenters. The van der Waals surface area contributed by atoms with Gasteiger partial charge in [-0.05, 0) is 12.8 Å². The lowest BCUT2D eigenvalue weighted by Crippen LogP contribution is -2.48. The second kappa shape index (κ2) is 6.04. The first kappa shape index (κ1) is 12.5. The van der Waals surface area contributed by atoms with Crippen molar-refractivity contribution in [1.29, 1.82) is 0 Å². The molecule has 0 aliphatic heterocycles. The maximum atomic E-state index is 10.5. The number of carbonyl (C=O) groups excluding carboxylic acids is 2. The van der Waals surface area contributed by atoms with Gasteiger partial charge in [-0.15, -0.1) is 0 Å². The molecule has 0 aromatic carbocycles. The number of rotatable bonds is 7. The first-order valence-electron chi connectivity index (χ1n) is 4.50. The van der Waals surface area contributed by atoms with Crippen LogP contribution in [-0.4, -0.2) is 26.8 Å². The van der Waals surface area contributed by atoms with Crippen LogP contribution in [0.3, 0.4) is 0 Å². The van der Waals surface area contributed by atoms with Gasteiger partial charge in [-0.25, -0.2) is 0 Å². The number of nitrogens with one attached hydrogen (secondary N) is 1. The molecule has 0 saturated carbocycles. The highest BCUT2D eigenvalue weighted by Crippen LogP contribution is 2.02. The Balaban J connectivity index is 3.76. The standard InChI is InChI=1S/C9H17NO2Si/c1-13(2,3)10-9(8-12)6-4-5-7-11/h9-10H,4-6H2,1-3H3. The molecular formula is C9H17NO2Si. The van der Waals surface area contributed by atoms with E-state index in [-0.39, 0.29) is 6.04 Å². The SMILES string of the molecule is C[Si](C)(C)NC([C]=O)CCC[C]=O. The molecule has 0 aliphatic rings. The monoisotopic (exact) mass is 199 g/mol. The molecule has 3 nitrogen and oxygen atoms in total. The molecule has 0 aliphatic carbocycles. The summed E-state index contributed by atoms with van der Waals surface area (Å²) in [4.78, 5) is 23.7. The van der Waals surface area contributed by atoms with Gasteiger partial charge < -0.3 is 4.98 Å². The van der Waals surface area contributed by atoms with Crippen molar-refractivity contribution >= 4 is 20.8 Å². The van der Waals surface area contributed by atoms with Gasteiger partial charge in [0.05, 0.1) is 6.04 Å². The largest absolute Gasteiger partial charge is 0.328 e.